The van der Waals surface area contributed by atoms with Crippen molar-refractivity contribution in [2.24, 2.45) is 7.05 Å². The van der Waals surface area contributed by atoms with Gasteiger partial charge in [0.25, 0.3) is 0 Å². The molecule has 0 saturated heterocycles. The van der Waals surface area contributed by atoms with Crippen molar-refractivity contribution in [2.75, 3.05) is 5.32 Å². The molecule has 3 aromatic rings. The number of amides is 1. The van der Waals surface area contributed by atoms with E-state index in [1.54, 1.807) is 12.1 Å². The zero-order valence-electron chi connectivity index (χ0n) is 11.5. The van der Waals surface area contributed by atoms with Crippen LogP contribution in [0.5, 0.6) is 0 Å². The number of nitrogens with zero attached hydrogens (tertiary/aromatic N) is 2. The number of anilines is 1. The lowest BCUT2D eigenvalue weighted by Crippen LogP contribution is -2.15. The molecule has 0 fully saturated rings. The lowest BCUT2D eigenvalue weighted by molar-refractivity contribution is -0.115. The van der Waals surface area contributed by atoms with E-state index in [1.165, 1.54) is 6.20 Å². The maximum Gasteiger partial charge on any atom is 0.230 e. The summed E-state index contributed by atoms with van der Waals surface area (Å²) in [4.78, 5) is 16.2. The maximum atomic E-state index is 12.1. The number of rotatable bonds is 3. The van der Waals surface area contributed by atoms with Gasteiger partial charge in [-0.05, 0) is 23.8 Å². The third-order valence-electron chi connectivity index (χ3n) is 3.33. The Morgan fingerprint density at radius 3 is 2.86 bits per heavy atom. The summed E-state index contributed by atoms with van der Waals surface area (Å²) in [7, 11) is 1.98. The molecule has 0 atom stereocenters. The SMILES string of the molecule is Cn1cc(CC(=O)Nc2ccc(Cl)cn2)c2ccccc21. The number of halogens is 1. The predicted molar refractivity (Wildman–Crippen MR) is 84.5 cm³/mol. The second kappa shape index (κ2) is 5.58. The first kappa shape index (κ1) is 13.6. The fraction of sp³-hybridized carbons (Fsp3) is 0.125. The molecule has 0 aliphatic heterocycles. The minimum absolute atomic E-state index is 0.0961. The summed E-state index contributed by atoms with van der Waals surface area (Å²) in [6.45, 7) is 0. The van der Waals surface area contributed by atoms with Crippen molar-refractivity contribution in [3.8, 4) is 0 Å². The van der Waals surface area contributed by atoms with Crippen LogP contribution in [0, 0.1) is 0 Å². The van der Waals surface area contributed by atoms with Crippen LogP contribution in [0.1, 0.15) is 5.56 Å². The number of hydrogen-bond acceptors (Lipinski definition) is 2. The fourth-order valence-electron chi connectivity index (χ4n) is 2.38. The van der Waals surface area contributed by atoms with E-state index >= 15 is 0 Å². The molecule has 0 spiro atoms. The standard InChI is InChI=1S/C16H14ClN3O/c1-20-10-11(13-4-2-3-5-14(13)20)8-16(21)19-15-7-6-12(17)9-18-15/h2-7,9-10H,8H2,1H3,(H,18,19,21). The molecule has 3 rings (SSSR count). The van der Waals surface area contributed by atoms with Crippen molar-refractivity contribution in [3.63, 3.8) is 0 Å². The van der Waals surface area contributed by atoms with Crippen LogP contribution in [0.15, 0.2) is 48.8 Å². The van der Waals surface area contributed by atoms with Gasteiger partial charge in [-0.3, -0.25) is 4.79 Å². The Kier molecular flexibility index (Phi) is 3.62. The van der Waals surface area contributed by atoms with Gasteiger partial charge in [-0.25, -0.2) is 4.98 Å². The predicted octanol–water partition coefficient (Wildman–Crippen LogP) is 3.41. The lowest BCUT2D eigenvalue weighted by Gasteiger charge is -2.03. The van der Waals surface area contributed by atoms with Gasteiger partial charge in [-0.15, -0.1) is 0 Å². The van der Waals surface area contributed by atoms with Gasteiger partial charge in [0.05, 0.1) is 11.4 Å². The zero-order chi connectivity index (χ0) is 14.8. The number of pyridine rings is 1. The van der Waals surface area contributed by atoms with E-state index < -0.39 is 0 Å². The Bertz CT molecular complexity index is 793. The van der Waals surface area contributed by atoms with Crippen LogP contribution in [0.2, 0.25) is 5.02 Å². The molecule has 1 aromatic carbocycles. The zero-order valence-corrected chi connectivity index (χ0v) is 12.3. The second-order valence-corrected chi connectivity index (χ2v) is 5.31. The van der Waals surface area contributed by atoms with Crippen molar-refractivity contribution < 1.29 is 4.79 Å². The quantitative estimate of drug-likeness (QED) is 0.805. The molecule has 4 nitrogen and oxygen atoms in total. The highest BCUT2D eigenvalue weighted by Crippen LogP contribution is 2.21. The van der Waals surface area contributed by atoms with E-state index in [0.717, 1.165) is 16.5 Å². The molecule has 21 heavy (non-hydrogen) atoms. The first-order valence-electron chi connectivity index (χ1n) is 6.58. The first-order chi connectivity index (χ1) is 10.1. The summed E-state index contributed by atoms with van der Waals surface area (Å²) in [5.41, 5.74) is 2.12. The third-order valence-corrected chi connectivity index (χ3v) is 3.55. The Labute approximate surface area is 127 Å². The molecule has 2 aromatic heterocycles. The van der Waals surface area contributed by atoms with Gasteiger partial charge in [-0.2, -0.15) is 0 Å². The van der Waals surface area contributed by atoms with Gasteiger partial charge in [0.1, 0.15) is 5.82 Å². The number of carbonyl (C=O) groups is 1. The van der Waals surface area contributed by atoms with E-state index in [9.17, 15) is 4.79 Å². The van der Waals surface area contributed by atoms with E-state index in [-0.39, 0.29) is 5.91 Å². The van der Waals surface area contributed by atoms with Crippen LogP contribution in [-0.4, -0.2) is 15.5 Å². The summed E-state index contributed by atoms with van der Waals surface area (Å²) in [6, 6.07) is 11.4. The molecule has 0 radical (unpaired) electrons. The van der Waals surface area contributed by atoms with Gasteiger partial charge in [-0.1, -0.05) is 29.8 Å². The number of hydrogen-bond donors (Lipinski definition) is 1. The number of carbonyl (C=O) groups excluding carboxylic acids is 1. The smallest absolute Gasteiger partial charge is 0.230 e. The fourth-order valence-corrected chi connectivity index (χ4v) is 2.49. The Hall–Kier alpha value is -2.33. The molecule has 1 N–H and O–H groups in total. The van der Waals surface area contributed by atoms with Crippen molar-refractivity contribution >= 4 is 34.2 Å². The second-order valence-electron chi connectivity index (χ2n) is 4.87. The van der Waals surface area contributed by atoms with Crippen LogP contribution >= 0.6 is 11.6 Å². The van der Waals surface area contributed by atoms with Gasteiger partial charge in [0, 0.05) is 30.3 Å². The van der Waals surface area contributed by atoms with Crippen LogP contribution in [-0.2, 0) is 18.3 Å². The molecule has 0 aliphatic rings. The van der Waals surface area contributed by atoms with Crippen LogP contribution in [0.25, 0.3) is 10.9 Å². The highest BCUT2D eigenvalue weighted by atomic mass is 35.5. The van der Waals surface area contributed by atoms with Crippen molar-refractivity contribution in [2.45, 2.75) is 6.42 Å². The number of benzene rings is 1. The van der Waals surface area contributed by atoms with Gasteiger partial charge < -0.3 is 9.88 Å². The largest absolute Gasteiger partial charge is 0.350 e. The first-order valence-corrected chi connectivity index (χ1v) is 6.95. The summed E-state index contributed by atoms with van der Waals surface area (Å²) >= 11 is 5.77. The molecule has 0 aliphatic carbocycles. The molecule has 0 bridgehead atoms. The minimum Gasteiger partial charge on any atom is -0.350 e. The number of aryl methyl sites for hydroxylation is 1. The molecule has 2 heterocycles. The molecule has 0 saturated carbocycles. The van der Waals surface area contributed by atoms with E-state index in [1.807, 2.05) is 42.1 Å². The average Bonchev–Trinajstić information content (AvgIpc) is 2.78. The van der Waals surface area contributed by atoms with Gasteiger partial charge >= 0.3 is 0 Å². The number of aromatic nitrogens is 2. The van der Waals surface area contributed by atoms with Crippen LogP contribution in [0.3, 0.4) is 0 Å². The van der Waals surface area contributed by atoms with Crippen molar-refractivity contribution in [1.29, 1.82) is 0 Å². The number of nitrogens with one attached hydrogen (secondary N) is 1. The van der Waals surface area contributed by atoms with Crippen LogP contribution < -0.4 is 5.32 Å². The number of para-hydroxylation sites is 1. The molecule has 5 heteroatoms. The number of fused-ring (bicyclic) bond motifs is 1. The lowest BCUT2D eigenvalue weighted by atomic mass is 10.1. The molecular weight excluding hydrogens is 286 g/mol. The third kappa shape index (κ3) is 2.90. The van der Waals surface area contributed by atoms with Gasteiger partial charge in [0.15, 0.2) is 0 Å². The molecule has 1 amide bonds. The normalized spacial score (nSPS) is 10.8. The molecule has 0 unspecified atom stereocenters. The summed E-state index contributed by atoms with van der Waals surface area (Å²) in [5, 5.41) is 4.41. The van der Waals surface area contributed by atoms with E-state index in [2.05, 4.69) is 10.3 Å². The highest BCUT2D eigenvalue weighted by molar-refractivity contribution is 6.30. The minimum atomic E-state index is -0.0961. The molecule has 106 valence electrons. The Balaban J connectivity index is 1.79. The van der Waals surface area contributed by atoms with E-state index in [0.29, 0.717) is 17.3 Å². The maximum absolute atomic E-state index is 12.1. The Morgan fingerprint density at radius 2 is 2.10 bits per heavy atom. The molecular formula is C16H14ClN3O. The topological polar surface area (TPSA) is 46.9 Å². The average molecular weight is 300 g/mol. The van der Waals surface area contributed by atoms with Crippen molar-refractivity contribution in [1.82, 2.24) is 9.55 Å². The van der Waals surface area contributed by atoms with Gasteiger partial charge in [0.2, 0.25) is 5.91 Å². The Morgan fingerprint density at radius 1 is 1.29 bits per heavy atom. The summed E-state index contributed by atoms with van der Waals surface area (Å²) in [5.74, 6) is 0.408. The van der Waals surface area contributed by atoms with Crippen LogP contribution in [0.4, 0.5) is 5.82 Å². The summed E-state index contributed by atoms with van der Waals surface area (Å²) in [6.07, 6.45) is 3.81. The highest BCUT2D eigenvalue weighted by Gasteiger charge is 2.10. The summed E-state index contributed by atoms with van der Waals surface area (Å²) < 4.78 is 2.03. The van der Waals surface area contributed by atoms with Crippen molar-refractivity contribution in [3.05, 3.63) is 59.4 Å². The van der Waals surface area contributed by atoms with E-state index in [4.69, 9.17) is 11.6 Å². The monoisotopic (exact) mass is 299 g/mol.